The van der Waals surface area contributed by atoms with E-state index in [9.17, 15) is 0 Å². The van der Waals surface area contributed by atoms with Crippen LogP contribution in [0.25, 0.3) is 0 Å². The first kappa shape index (κ1) is 12.5. The van der Waals surface area contributed by atoms with E-state index in [0.29, 0.717) is 19.1 Å². The summed E-state index contributed by atoms with van der Waals surface area (Å²) < 4.78 is 5.71. The molecule has 0 aromatic heterocycles. The van der Waals surface area contributed by atoms with E-state index in [2.05, 4.69) is 13.8 Å². The average molecular weight is 228 g/mol. The van der Waals surface area contributed by atoms with Crippen LogP contribution in [0.1, 0.15) is 19.4 Å². The van der Waals surface area contributed by atoms with Gasteiger partial charge in [0.05, 0.1) is 12.7 Å². The number of benzene rings is 1. The molecule has 0 amide bonds. The van der Waals surface area contributed by atoms with Crippen LogP contribution >= 0.6 is 11.6 Å². The van der Waals surface area contributed by atoms with Gasteiger partial charge in [0.25, 0.3) is 0 Å². The molecule has 0 aliphatic heterocycles. The minimum absolute atomic E-state index is 0.126. The maximum atomic E-state index is 5.79. The number of hydrogen-bond acceptors (Lipinski definition) is 2. The zero-order valence-corrected chi connectivity index (χ0v) is 10.00. The van der Waals surface area contributed by atoms with Crippen molar-refractivity contribution in [3.8, 4) is 0 Å². The molecule has 3 heteroatoms. The molecular weight excluding hydrogens is 210 g/mol. The molecule has 1 unspecified atom stereocenters. The average Bonchev–Trinajstić information content (AvgIpc) is 2.21. The molecule has 2 nitrogen and oxygen atoms in total. The molecule has 0 aliphatic carbocycles. The van der Waals surface area contributed by atoms with Crippen molar-refractivity contribution < 1.29 is 4.74 Å². The first-order valence-corrected chi connectivity index (χ1v) is 5.57. The van der Waals surface area contributed by atoms with E-state index in [4.69, 9.17) is 22.1 Å². The van der Waals surface area contributed by atoms with Gasteiger partial charge < -0.3 is 10.5 Å². The van der Waals surface area contributed by atoms with Gasteiger partial charge in [-0.1, -0.05) is 37.6 Å². The Hall–Kier alpha value is -0.570. The Labute approximate surface area is 96.4 Å². The molecule has 1 atom stereocenters. The molecule has 2 N–H and O–H groups in total. The van der Waals surface area contributed by atoms with E-state index in [1.165, 1.54) is 0 Å². The summed E-state index contributed by atoms with van der Waals surface area (Å²) in [5, 5.41) is 0.748. The standard InChI is InChI=1S/C12H18ClNO/c1-9(2)12(7-14)15-8-10-3-5-11(13)6-4-10/h3-6,9,12H,7-8,14H2,1-2H3. The van der Waals surface area contributed by atoms with E-state index in [0.717, 1.165) is 10.6 Å². The molecule has 1 aromatic rings. The summed E-state index contributed by atoms with van der Waals surface area (Å²) in [4.78, 5) is 0. The minimum Gasteiger partial charge on any atom is -0.372 e. The van der Waals surface area contributed by atoms with Crippen molar-refractivity contribution in [3.05, 3.63) is 34.9 Å². The highest BCUT2D eigenvalue weighted by atomic mass is 35.5. The molecule has 0 heterocycles. The summed E-state index contributed by atoms with van der Waals surface area (Å²) in [6, 6.07) is 7.67. The number of halogens is 1. The van der Waals surface area contributed by atoms with Gasteiger partial charge in [-0.15, -0.1) is 0 Å². The lowest BCUT2D eigenvalue weighted by molar-refractivity contribution is 0.0168. The van der Waals surface area contributed by atoms with E-state index < -0.39 is 0 Å². The van der Waals surface area contributed by atoms with Crippen LogP contribution in [0.15, 0.2) is 24.3 Å². The zero-order chi connectivity index (χ0) is 11.3. The molecule has 0 fully saturated rings. The molecule has 0 saturated heterocycles. The van der Waals surface area contributed by atoms with Gasteiger partial charge in [-0.3, -0.25) is 0 Å². The zero-order valence-electron chi connectivity index (χ0n) is 9.24. The molecule has 0 aliphatic rings. The van der Waals surface area contributed by atoms with Gasteiger partial charge in [-0.25, -0.2) is 0 Å². The minimum atomic E-state index is 0.126. The van der Waals surface area contributed by atoms with Crippen LogP contribution in [0.3, 0.4) is 0 Å². The van der Waals surface area contributed by atoms with E-state index in [1.54, 1.807) is 0 Å². The summed E-state index contributed by atoms with van der Waals surface area (Å²) in [7, 11) is 0. The SMILES string of the molecule is CC(C)C(CN)OCc1ccc(Cl)cc1. The molecule has 1 aromatic carbocycles. The molecule has 1 rings (SSSR count). The Kier molecular flexibility index (Phi) is 5.09. The Morgan fingerprint density at radius 1 is 1.27 bits per heavy atom. The molecular formula is C12H18ClNO. The molecule has 0 saturated carbocycles. The monoisotopic (exact) mass is 227 g/mol. The van der Waals surface area contributed by atoms with Crippen molar-refractivity contribution in [2.45, 2.75) is 26.6 Å². The van der Waals surface area contributed by atoms with Gasteiger partial charge in [0, 0.05) is 11.6 Å². The fourth-order valence-electron chi connectivity index (χ4n) is 1.32. The predicted molar refractivity (Wildman–Crippen MR) is 63.9 cm³/mol. The number of hydrogen-bond donors (Lipinski definition) is 1. The van der Waals surface area contributed by atoms with Crippen molar-refractivity contribution in [1.29, 1.82) is 0 Å². The third kappa shape index (κ3) is 4.20. The quantitative estimate of drug-likeness (QED) is 0.840. The lowest BCUT2D eigenvalue weighted by Crippen LogP contribution is -2.28. The second-order valence-corrected chi connectivity index (χ2v) is 4.39. The van der Waals surface area contributed by atoms with Crippen molar-refractivity contribution in [1.82, 2.24) is 0 Å². The number of nitrogens with two attached hydrogens (primary N) is 1. The fourth-order valence-corrected chi connectivity index (χ4v) is 1.44. The highest BCUT2D eigenvalue weighted by Crippen LogP contribution is 2.12. The van der Waals surface area contributed by atoms with Crippen LogP contribution in [-0.4, -0.2) is 12.6 Å². The van der Waals surface area contributed by atoms with Crippen LogP contribution < -0.4 is 5.73 Å². The van der Waals surface area contributed by atoms with Gasteiger partial charge in [0.15, 0.2) is 0 Å². The van der Waals surface area contributed by atoms with Crippen LogP contribution in [0.5, 0.6) is 0 Å². The van der Waals surface area contributed by atoms with Gasteiger partial charge >= 0.3 is 0 Å². The fraction of sp³-hybridized carbons (Fsp3) is 0.500. The van der Waals surface area contributed by atoms with E-state index in [1.807, 2.05) is 24.3 Å². The van der Waals surface area contributed by atoms with Crippen LogP contribution in [-0.2, 0) is 11.3 Å². The lowest BCUT2D eigenvalue weighted by Gasteiger charge is -2.19. The number of rotatable bonds is 5. The van der Waals surface area contributed by atoms with Crippen molar-refractivity contribution in [2.75, 3.05) is 6.54 Å². The second-order valence-electron chi connectivity index (χ2n) is 3.96. The molecule has 0 spiro atoms. The summed E-state index contributed by atoms with van der Waals surface area (Å²) >= 11 is 5.79. The lowest BCUT2D eigenvalue weighted by atomic mass is 10.1. The van der Waals surface area contributed by atoms with Crippen molar-refractivity contribution in [2.24, 2.45) is 11.7 Å². The Morgan fingerprint density at radius 3 is 2.33 bits per heavy atom. The first-order valence-electron chi connectivity index (χ1n) is 5.19. The molecule has 0 radical (unpaired) electrons. The molecule has 0 bridgehead atoms. The van der Waals surface area contributed by atoms with Crippen molar-refractivity contribution in [3.63, 3.8) is 0 Å². The molecule has 15 heavy (non-hydrogen) atoms. The Bertz CT molecular complexity index is 284. The Morgan fingerprint density at radius 2 is 1.87 bits per heavy atom. The van der Waals surface area contributed by atoms with Gasteiger partial charge in [0.1, 0.15) is 0 Å². The largest absolute Gasteiger partial charge is 0.372 e. The second kappa shape index (κ2) is 6.11. The normalized spacial score (nSPS) is 13.1. The highest BCUT2D eigenvalue weighted by Gasteiger charge is 2.11. The van der Waals surface area contributed by atoms with Crippen LogP contribution in [0.2, 0.25) is 5.02 Å². The molecule has 84 valence electrons. The number of ether oxygens (including phenoxy) is 1. The smallest absolute Gasteiger partial charge is 0.0724 e. The maximum absolute atomic E-state index is 5.79. The van der Waals surface area contributed by atoms with Crippen LogP contribution in [0.4, 0.5) is 0 Å². The van der Waals surface area contributed by atoms with E-state index >= 15 is 0 Å². The summed E-state index contributed by atoms with van der Waals surface area (Å²) in [5.41, 5.74) is 6.74. The Balaban J connectivity index is 2.45. The topological polar surface area (TPSA) is 35.2 Å². The van der Waals surface area contributed by atoms with Crippen LogP contribution in [0, 0.1) is 5.92 Å². The van der Waals surface area contributed by atoms with Gasteiger partial charge in [0.2, 0.25) is 0 Å². The van der Waals surface area contributed by atoms with Crippen molar-refractivity contribution >= 4 is 11.6 Å². The summed E-state index contributed by atoms with van der Waals surface area (Å²) in [6.07, 6.45) is 0.126. The summed E-state index contributed by atoms with van der Waals surface area (Å²) in [5.74, 6) is 0.447. The van der Waals surface area contributed by atoms with Gasteiger partial charge in [-0.05, 0) is 23.6 Å². The van der Waals surface area contributed by atoms with E-state index in [-0.39, 0.29) is 6.10 Å². The third-order valence-electron chi connectivity index (χ3n) is 2.35. The highest BCUT2D eigenvalue weighted by molar-refractivity contribution is 6.30. The maximum Gasteiger partial charge on any atom is 0.0724 e. The van der Waals surface area contributed by atoms with Gasteiger partial charge in [-0.2, -0.15) is 0 Å². The summed E-state index contributed by atoms with van der Waals surface area (Å²) in [6.45, 7) is 5.38. The third-order valence-corrected chi connectivity index (χ3v) is 2.61. The predicted octanol–water partition coefficient (Wildman–Crippen LogP) is 2.84. The first-order chi connectivity index (χ1) is 7.13.